The minimum Gasteiger partial charge on any atom is -0.463 e. The van der Waals surface area contributed by atoms with Crippen LogP contribution >= 0.6 is 0 Å². The summed E-state index contributed by atoms with van der Waals surface area (Å²) < 4.78 is 5.69. The number of hydrogen-bond donors (Lipinski definition) is 1. The Kier molecular flexibility index (Phi) is 4.70. The molecule has 0 spiro atoms. The second-order valence-corrected chi connectivity index (χ2v) is 7.74. The van der Waals surface area contributed by atoms with Crippen LogP contribution in [-0.2, 0) is 0 Å². The molecule has 0 aliphatic rings. The largest absolute Gasteiger partial charge is 0.463 e. The van der Waals surface area contributed by atoms with Crippen molar-refractivity contribution < 1.29 is 4.42 Å². The first-order valence-corrected chi connectivity index (χ1v) is 10.8. The lowest BCUT2D eigenvalue weighted by molar-refractivity contribution is 0.579. The third-order valence-corrected chi connectivity index (χ3v) is 5.62. The molecule has 0 saturated carbocycles. The predicted octanol–water partition coefficient (Wildman–Crippen LogP) is 7.21. The van der Waals surface area contributed by atoms with Crippen molar-refractivity contribution in [1.82, 2.24) is 10.2 Å². The Hall–Kier alpha value is -4.64. The predicted molar refractivity (Wildman–Crippen MR) is 133 cm³/mol. The number of rotatable bonds is 5. The van der Waals surface area contributed by atoms with E-state index in [0.717, 1.165) is 38.6 Å². The van der Waals surface area contributed by atoms with E-state index in [-0.39, 0.29) is 0 Å². The van der Waals surface area contributed by atoms with E-state index in [4.69, 9.17) is 9.52 Å². The third kappa shape index (κ3) is 3.55. The molecule has 0 amide bonds. The fourth-order valence-electron chi connectivity index (χ4n) is 4.05. The summed E-state index contributed by atoms with van der Waals surface area (Å²) in [5.74, 6) is 1.40. The first kappa shape index (κ1) is 19.1. The molecule has 0 fully saturated rings. The van der Waals surface area contributed by atoms with Gasteiger partial charge in [0.25, 0.3) is 0 Å². The molecule has 0 aliphatic carbocycles. The Bertz CT molecular complexity index is 1530. The lowest BCUT2D eigenvalue weighted by Crippen LogP contribution is -2.26. The summed E-state index contributed by atoms with van der Waals surface area (Å²) in [5.41, 5.74) is 6.14. The summed E-state index contributed by atoms with van der Waals surface area (Å²) in [5, 5.41) is 15.5. The van der Waals surface area contributed by atoms with Gasteiger partial charge in [-0.1, -0.05) is 60.7 Å². The van der Waals surface area contributed by atoms with Gasteiger partial charge in [-0.15, -0.1) is 10.2 Å². The van der Waals surface area contributed by atoms with Gasteiger partial charge in [0.15, 0.2) is 11.6 Å². The number of para-hydroxylation sites is 2. The van der Waals surface area contributed by atoms with E-state index in [9.17, 15) is 0 Å². The summed E-state index contributed by atoms with van der Waals surface area (Å²) in [4.78, 5) is 0. The van der Waals surface area contributed by atoms with E-state index in [0.29, 0.717) is 11.6 Å². The molecule has 0 aliphatic heterocycles. The smallest absolute Gasteiger partial charge is 0.182 e. The number of benzene rings is 4. The maximum Gasteiger partial charge on any atom is 0.182 e. The van der Waals surface area contributed by atoms with Crippen molar-refractivity contribution in [2.45, 2.75) is 0 Å². The molecule has 0 atom stereocenters. The molecule has 2 aromatic heterocycles. The zero-order chi connectivity index (χ0) is 22.0. The quantitative estimate of drug-likeness (QED) is 0.232. The standard InChI is InChI=1S/C28H20N4O/c1-3-12-22(13-4-1)31-32(23-14-5-2-6-15-23)28-25-19-21-11-8-7-10-20(21)18-24(25)27(29-30-28)26-16-9-17-33-26/h1-19,31H. The van der Waals surface area contributed by atoms with Gasteiger partial charge in [-0.3, -0.25) is 5.43 Å². The number of nitrogens with one attached hydrogen (secondary N) is 1. The zero-order valence-electron chi connectivity index (χ0n) is 17.7. The Morgan fingerprint density at radius 3 is 2.00 bits per heavy atom. The molecule has 0 radical (unpaired) electrons. The molecule has 5 nitrogen and oxygen atoms in total. The summed E-state index contributed by atoms with van der Waals surface area (Å²) in [6.07, 6.45) is 1.66. The number of anilines is 3. The summed E-state index contributed by atoms with van der Waals surface area (Å²) in [6.45, 7) is 0. The zero-order valence-corrected chi connectivity index (χ0v) is 17.7. The van der Waals surface area contributed by atoms with E-state index in [1.807, 2.05) is 89.9 Å². The van der Waals surface area contributed by atoms with Crippen LogP contribution in [-0.4, -0.2) is 10.2 Å². The van der Waals surface area contributed by atoms with Gasteiger partial charge in [0.2, 0.25) is 0 Å². The van der Waals surface area contributed by atoms with Crippen LogP contribution in [0.4, 0.5) is 17.2 Å². The summed E-state index contributed by atoms with van der Waals surface area (Å²) in [7, 11) is 0. The van der Waals surface area contributed by atoms with Crippen molar-refractivity contribution in [3.05, 3.63) is 115 Å². The normalized spacial score (nSPS) is 11.0. The number of hydrazine groups is 1. The van der Waals surface area contributed by atoms with Crippen molar-refractivity contribution in [2.24, 2.45) is 0 Å². The lowest BCUT2D eigenvalue weighted by atomic mass is 10.0. The lowest BCUT2D eigenvalue weighted by Gasteiger charge is -2.26. The number of nitrogens with zero attached hydrogens (tertiary/aromatic N) is 3. The summed E-state index contributed by atoms with van der Waals surface area (Å²) >= 11 is 0. The van der Waals surface area contributed by atoms with Crippen LogP contribution in [0.15, 0.2) is 120 Å². The van der Waals surface area contributed by atoms with E-state index < -0.39 is 0 Å². The number of aromatic nitrogens is 2. The summed E-state index contributed by atoms with van der Waals surface area (Å²) in [6, 6.07) is 36.6. The Morgan fingerprint density at radius 1 is 0.636 bits per heavy atom. The molecular formula is C28H20N4O. The second-order valence-electron chi connectivity index (χ2n) is 7.74. The maximum atomic E-state index is 5.69. The van der Waals surface area contributed by atoms with E-state index in [1.165, 1.54) is 0 Å². The van der Waals surface area contributed by atoms with Crippen LogP contribution in [0.5, 0.6) is 0 Å². The topological polar surface area (TPSA) is 54.2 Å². The van der Waals surface area contributed by atoms with Crippen molar-refractivity contribution in [1.29, 1.82) is 0 Å². The molecule has 6 rings (SSSR count). The van der Waals surface area contributed by atoms with Crippen LogP contribution in [0.25, 0.3) is 33.0 Å². The van der Waals surface area contributed by atoms with Crippen molar-refractivity contribution in [3.8, 4) is 11.5 Å². The van der Waals surface area contributed by atoms with Gasteiger partial charge in [-0.25, -0.2) is 5.01 Å². The molecule has 33 heavy (non-hydrogen) atoms. The molecule has 2 heterocycles. The van der Waals surface area contributed by atoms with Crippen LogP contribution in [0.2, 0.25) is 0 Å². The fourth-order valence-corrected chi connectivity index (χ4v) is 4.05. The first-order valence-electron chi connectivity index (χ1n) is 10.8. The highest BCUT2D eigenvalue weighted by atomic mass is 16.3. The third-order valence-electron chi connectivity index (χ3n) is 5.62. The van der Waals surface area contributed by atoms with Crippen LogP contribution in [0.1, 0.15) is 0 Å². The van der Waals surface area contributed by atoms with Gasteiger partial charge in [0.1, 0.15) is 5.69 Å². The average Bonchev–Trinajstić information content (AvgIpc) is 3.42. The highest BCUT2D eigenvalue weighted by Crippen LogP contribution is 2.37. The van der Waals surface area contributed by atoms with Crippen LogP contribution in [0.3, 0.4) is 0 Å². The number of furan rings is 1. The van der Waals surface area contributed by atoms with Gasteiger partial charge in [-0.2, -0.15) is 0 Å². The monoisotopic (exact) mass is 428 g/mol. The van der Waals surface area contributed by atoms with E-state index in [1.54, 1.807) is 6.26 Å². The van der Waals surface area contributed by atoms with Crippen molar-refractivity contribution in [2.75, 3.05) is 10.4 Å². The van der Waals surface area contributed by atoms with Gasteiger partial charge in [0.05, 0.1) is 17.6 Å². The molecule has 158 valence electrons. The average molecular weight is 428 g/mol. The molecule has 4 aromatic carbocycles. The maximum absolute atomic E-state index is 5.69. The minimum absolute atomic E-state index is 0.691. The van der Waals surface area contributed by atoms with Crippen molar-refractivity contribution >= 4 is 38.7 Å². The van der Waals surface area contributed by atoms with E-state index >= 15 is 0 Å². The van der Waals surface area contributed by atoms with Gasteiger partial charge < -0.3 is 4.42 Å². The van der Waals surface area contributed by atoms with Crippen LogP contribution < -0.4 is 10.4 Å². The van der Waals surface area contributed by atoms with Gasteiger partial charge in [-0.05, 0) is 59.3 Å². The molecular weight excluding hydrogens is 408 g/mol. The van der Waals surface area contributed by atoms with Crippen molar-refractivity contribution in [3.63, 3.8) is 0 Å². The Labute approximate surface area is 190 Å². The Balaban J connectivity index is 1.62. The van der Waals surface area contributed by atoms with Gasteiger partial charge >= 0.3 is 0 Å². The number of hydrogen-bond acceptors (Lipinski definition) is 5. The molecule has 1 N–H and O–H groups in total. The molecule has 6 aromatic rings. The SMILES string of the molecule is c1ccc(NN(c2ccccc2)c2nnc(-c3ccco3)c3cc4ccccc4cc23)cc1. The molecule has 5 heteroatoms. The highest BCUT2D eigenvalue weighted by molar-refractivity contribution is 6.08. The van der Waals surface area contributed by atoms with Gasteiger partial charge in [0, 0.05) is 10.8 Å². The molecule has 0 bridgehead atoms. The van der Waals surface area contributed by atoms with E-state index in [2.05, 4.69) is 34.8 Å². The Morgan fingerprint density at radius 2 is 1.30 bits per heavy atom. The minimum atomic E-state index is 0.691. The fraction of sp³-hybridized carbons (Fsp3) is 0. The first-order chi connectivity index (χ1) is 16.4. The second kappa shape index (κ2) is 8.13. The molecule has 0 saturated heterocycles. The number of fused-ring (bicyclic) bond motifs is 2. The van der Waals surface area contributed by atoms with Crippen LogP contribution in [0, 0.1) is 0 Å². The molecule has 0 unspecified atom stereocenters. The highest BCUT2D eigenvalue weighted by Gasteiger charge is 2.20.